The molecule has 0 aliphatic heterocycles. The van der Waals surface area contributed by atoms with Crippen molar-refractivity contribution in [2.45, 2.75) is 509 Å². The highest BCUT2D eigenvalue weighted by atomic mass is 31.2. The second kappa shape index (κ2) is 82.6. The van der Waals surface area contributed by atoms with Crippen LogP contribution in [-0.2, 0) is 65.4 Å². The molecule has 0 aliphatic rings. The number of esters is 4. The summed E-state index contributed by atoms with van der Waals surface area (Å²) in [6.07, 6.45) is 77.8. The molecule has 0 aliphatic carbocycles. The first-order valence-electron chi connectivity index (χ1n) is 46.6. The Morgan fingerprint density at radius 3 is 0.624 bits per heavy atom. The van der Waals surface area contributed by atoms with Gasteiger partial charge in [-0.15, -0.1) is 0 Å². The smallest absolute Gasteiger partial charge is 0.462 e. The van der Waals surface area contributed by atoms with Crippen molar-refractivity contribution in [1.29, 1.82) is 0 Å². The number of ether oxygens (including phenoxy) is 4. The molecule has 19 heteroatoms. The number of carbonyl (C=O) groups is 4. The summed E-state index contributed by atoms with van der Waals surface area (Å²) < 4.78 is 69.0. The van der Waals surface area contributed by atoms with E-state index in [1.165, 1.54) is 315 Å². The lowest BCUT2D eigenvalue weighted by atomic mass is 10.0. The van der Waals surface area contributed by atoms with E-state index >= 15 is 0 Å². The van der Waals surface area contributed by atoms with Gasteiger partial charge in [-0.2, -0.15) is 0 Å². The number of hydrogen-bond donors (Lipinski definition) is 3. The van der Waals surface area contributed by atoms with Gasteiger partial charge in [-0.25, -0.2) is 9.13 Å². The molecule has 0 spiro atoms. The number of carbonyl (C=O) groups excluding carboxylic acids is 4. The lowest BCUT2D eigenvalue weighted by molar-refractivity contribution is -0.161. The average Bonchev–Trinajstić information content (AvgIpc) is 0.900. The van der Waals surface area contributed by atoms with Crippen molar-refractivity contribution in [3.8, 4) is 0 Å². The molecule has 0 aromatic carbocycles. The van der Waals surface area contributed by atoms with E-state index in [2.05, 4.69) is 34.6 Å². The Balaban J connectivity index is 5.24. The van der Waals surface area contributed by atoms with Crippen LogP contribution in [0.2, 0.25) is 0 Å². The highest BCUT2D eigenvalue weighted by molar-refractivity contribution is 7.47. The van der Waals surface area contributed by atoms with Crippen molar-refractivity contribution >= 4 is 39.5 Å². The molecule has 0 heterocycles. The summed E-state index contributed by atoms with van der Waals surface area (Å²) in [5.41, 5.74) is 0. The van der Waals surface area contributed by atoms with E-state index in [-0.39, 0.29) is 25.7 Å². The van der Waals surface area contributed by atoms with Crippen LogP contribution in [0.3, 0.4) is 0 Å². The Bertz CT molecular complexity index is 2070. The molecule has 0 rings (SSSR count). The van der Waals surface area contributed by atoms with Crippen LogP contribution in [0.25, 0.3) is 0 Å². The van der Waals surface area contributed by atoms with E-state index in [1.807, 2.05) is 0 Å². The van der Waals surface area contributed by atoms with Gasteiger partial charge in [0.25, 0.3) is 0 Å². The maximum absolute atomic E-state index is 13.2. The predicted molar refractivity (Wildman–Crippen MR) is 451 cm³/mol. The first-order chi connectivity index (χ1) is 53.0. The minimum absolute atomic E-state index is 0.108. The molecule has 109 heavy (non-hydrogen) atoms. The third-order valence-corrected chi connectivity index (χ3v) is 23.2. The first-order valence-corrected chi connectivity index (χ1v) is 49.6. The molecule has 0 saturated carbocycles. The zero-order chi connectivity index (χ0) is 79.7. The van der Waals surface area contributed by atoms with Gasteiger partial charge < -0.3 is 33.8 Å². The topological polar surface area (TPSA) is 237 Å². The number of hydrogen-bond acceptors (Lipinski definition) is 15. The molecule has 2 unspecified atom stereocenters. The van der Waals surface area contributed by atoms with Crippen molar-refractivity contribution in [3.05, 3.63) is 0 Å². The number of phosphoric ester groups is 2. The minimum atomic E-state index is -4.97. The number of aliphatic hydroxyl groups is 1. The molecule has 0 radical (unpaired) electrons. The molecule has 0 aromatic heterocycles. The summed E-state index contributed by atoms with van der Waals surface area (Å²) >= 11 is 0. The van der Waals surface area contributed by atoms with Crippen LogP contribution < -0.4 is 0 Å². The van der Waals surface area contributed by atoms with Crippen molar-refractivity contribution in [3.63, 3.8) is 0 Å². The second-order valence-corrected chi connectivity index (χ2v) is 35.7. The van der Waals surface area contributed by atoms with Gasteiger partial charge in [0.1, 0.15) is 19.3 Å². The van der Waals surface area contributed by atoms with Gasteiger partial charge >= 0.3 is 39.5 Å². The SMILES string of the molecule is CCCCCCCCCCCCCCCCCCCCCCCCC(=O)O[C@H](COC(=O)CCCCCCCCCCCCCCCCCCCCC)COP(=O)(O)OC[C@@H](O)COP(=O)(O)OC[C@@H](COC(=O)CCCCCCCCCCCCCC)OC(=O)CCCCCCCCCCCCCCCC(C)C. The van der Waals surface area contributed by atoms with Gasteiger partial charge in [0.2, 0.25) is 0 Å². The molecule has 3 N–H and O–H groups in total. The van der Waals surface area contributed by atoms with Gasteiger partial charge in [-0.05, 0) is 31.6 Å². The maximum atomic E-state index is 13.2. The lowest BCUT2D eigenvalue weighted by Crippen LogP contribution is -2.30. The summed E-state index contributed by atoms with van der Waals surface area (Å²) in [7, 11) is -9.93. The largest absolute Gasteiger partial charge is 0.472 e. The fourth-order valence-corrected chi connectivity index (χ4v) is 15.8. The van der Waals surface area contributed by atoms with Gasteiger partial charge in [0, 0.05) is 25.7 Å². The van der Waals surface area contributed by atoms with E-state index in [0.29, 0.717) is 25.7 Å². The number of rotatable bonds is 90. The maximum Gasteiger partial charge on any atom is 0.472 e. The standard InChI is InChI=1S/C90H176O17P2/c1-6-9-12-15-18-21-24-27-29-31-33-34-35-37-39-41-45-50-55-60-65-70-75-89(94)106-86(80-101-88(93)74-69-64-59-54-49-44-40-38-36-32-30-28-25-22-19-16-13-10-7-2)82-105-109(98,99)103-78-84(91)77-102-108(96,97)104-81-85(79-100-87(92)73-68-63-58-53-48-26-23-20-17-14-11-8-3)107-90(95)76-71-66-61-56-51-46-42-43-47-52-57-62-67-72-83(4)5/h83-86,91H,6-82H2,1-5H3,(H,96,97)(H,98,99)/t84-,85+,86+/m0/s1. The fraction of sp³-hybridized carbons (Fsp3) is 0.956. The summed E-state index contributed by atoms with van der Waals surface area (Å²) in [6, 6.07) is 0. The van der Waals surface area contributed by atoms with Gasteiger partial charge in [-0.3, -0.25) is 37.3 Å². The van der Waals surface area contributed by atoms with Gasteiger partial charge in [0.15, 0.2) is 12.2 Å². The highest BCUT2D eigenvalue weighted by Crippen LogP contribution is 2.45. The highest BCUT2D eigenvalue weighted by Gasteiger charge is 2.31. The van der Waals surface area contributed by atoms with Crippen molar-refractivity contribution in [2.75, 3.05) is 39.6 Å². The van der Waals surface area contributed by atoms with Crippen LogP contribution in [0.4, 0.5) is 0 Å². The van der Waals surface area contributed by atoms with Crippen molar-refractivity contribution in [1.82, 2.24) is 0 Å². The molecular weight excluding hydrogens is 1410 g/mol. The Kier molecular flexibility index (Phi) is 81.1. The van der Waals surface area contributed by atoms with Crippen molar-refractivity contribution < 1.29 is 80.2 Å². The summed E-state index contributed by atoms with van der Waals surface area (Å²) in [4.78, 5) is 73.4. The number of phosphoric acid groups is 2. The van der Waals surface area contributed by atoms with E-state index in [1.54, 1.807) is 0 Å². The summed E-state index contributed by atoms with van der Waals surface area (Å²) in [5, 5.41) is 10.7. The monoisotopic (exact) mass is 1590 g/mol. The fourth-order valence-electron chi connectivity index (χ4n) is 14.2. The minimum Gasteiger partial charge on any atom is -0.462 e. The van der Waals surface area contributed by atoms with E-state index in [9.17, 15) is 43.2 Å². The van der Waals surface area contributed by atoms with Crippen LogP contribution >= 0.6 is 15.6 Å². The van der Waals surface area contributed by atoms with E-state index in [4.69, 9.17) is 37.0 Å². The van der Waals surface area contributed by atoms with Gasteiger partial charge in [0.05, 0.1) is 26.4 Å². The van der Waals surface area contributed by atoms with Crippen LogP contribution in [0, 0.1) is 5.92 Å². The second-order valence-electron chi connectivity index (χ2n) is 32.8. The molecule has 17 nitrogen and oxygen atoms in total. The molecular formula is C90H176O17P2. The Hall–Kier alpha value is -1.94. The van der Waals surface area contributed by atoms with Crippen molar-refractivity contribution in [2.24, 2.45) is 5.92 Å². The Morgan fingerprint density at radius 2 is 0.422 bits per heavy atom. The zero-order valence-corrected chi connectivity index (χ0v) is 73.5. The normalized spacial score (nSPS) is 13.7. The van der Waals surface area contributed by atoms with Crippen LogP contribution in [-0.4, -0.2) is 96.7 Å². The average molecular weight is 1590 g/mol. The molecule has 5 atom stereocenters. The van der Waals surface area contributed by atoms with Crippen LogP contribution in [0.1, 0.15) is 490 Å². The number of unbranched alkanes of at least 4 members (excludes halogenated alkanes) is 62. The first kappa shape index (κ1) is 107. The van der Waals surface area contributed by atoms with Crippen LogP contribution in [0.5, 0.6) is 0 Å². The predicted octanol–water partition coefficient (Wildman–Crippen LogP) is 27.9. The van der Waals surface area contributed by atoms with E-state index in [0.717, 1.165) is 95.8 Å². The summed E-state index contributed by atoms with van der Waals surface area (Å²) in [6.45, 7) is 7.40. The molecule has 648 valence electrons. The summed E-state index contributed by atoms with van der Waals surface area (Å²) in [5.74, 6) is -1.31. The quantitative estimate of drug-likeness (QED) is 0.0222. The lowest BCUT2D eigenvalue weighted by Gasteiger charge is -2.21. The Labute approximate surface area is 670 Å². The van der Waals surface area contributed by atoms with Gasteiger partial charge in [-0.1, -0.05) is 439 Å². The molecule has 0 amide bonds. The molecule has 0 aromatic rings. The number of aliphatic hydroxyl groups excluding tert-OH is 1. The molecule has 0 fully saturated rings. The third-order valence-electron chi connectivity index (χ3n) is 21.3. The van der Waals surface area contributed by atoms with Crippen LogP contribution in [0.15, 0.2) is 0 Å². The molecule has 0 saturated heterocycles. The third kappa shape index (κ3) is 83.8. The molecule has 0 bridgehead atoms. The Morgan fingerprint density at radius 1 is 0.248 bits per heavy atom. The zero-order valence-electron chi connectivity index (χ0n) is 71.7. The van der Waals surface area contributed by atoms with E-state index < -0.39 is 97.5 Å².